The molecule has 1 rings (SSSR count). The van der Waals surface area contributed by atoms with E-state index in [2.05, 4.69) is 18.4 Å². The summed E-state index contributed by atoms with van der Waals surface area (Å²) in [5.41, 5.74) is 1.86. The molecule has 0 aromatic carbocycles. The van der Waals surface area contributed by atoms with Gasteiger partial charge in [-0.05, 0) is 19.9 Å². The van der Waals surface area contributed by atoms with Crippen LogP contribution in [0.1, 0.15) is 48.0 Å². The number of carbonyl (C=O) groups is 1. The molecule has 0 amide bonds. The third kappa shape index (κ3) is 5.35. The second-order valence-corrected chi connectivity index (χ2v) is 3.69. The maximum absolute atomic E-state index is 11.6. The third-order valence-corrected chi connectivity index (χ3v) is 2.71. The van der Waals surface area contributed by atoms with Gasteiger partial charge in [0.15, 0.2) is 5.78 Å². The first-order chi connectivity index (χ1) is 8.57. The zero-order valence-corrected chi connectivity index (χ0v) is 13.1. The maximum atomic E-state index is 11.6. The van der Waals surface area contributed by atoms with Crippen LogP contribution in [0.5, 0.6) is 0 Å². The lowest BCUT2D eigenvalue weighted by molar-refractivity contribution is -0.117. The average Bonchev–Trinajstić information content (AvgIpc) is 2.41. The number of Topliss-reactive ketones (excluding diaryl/α,β-unsaturated/α-hetero) is 1. The van der Waals surface area contributed by atoms with Crippen LogP contribution in [-0.2, 0) is 4.79 Å². The average molecular weight is 251 g/mol. The maximum Gasteiger partial charge on any atom is 0.162 e. The molecule has 0 aromatic rings. The Balaban J connectivity index is 0. The third-order valence-electron chi connectivity index (χ3n) is 2.71. The Kier molecular flexibility index (Phi) is 11.4. The van der Waals surface area contributed by atoms with Gasteiger partial charge >= 0.3 is 0 Å². The minimum absolute atomic E-state index is 0.249. The zero-order valence-electron chi connectivity index (χ0n) is 13.1. The number of nitrogens with zero attached hydrogens (tertiary/aromatic N) is 1. The molecule has 1 atom stereocenters. The van der Waals surface area contributed by atoms with Gasteiger partial charge in [0, 0.05) is 30.8 Å². The molecule has 2 nitrogen and oxygen atoms in total. The summed E-state index contributed by atoms with van der Waals surface area (Å²) >= 11 is 0. The van der Waals surface area contributed by atoms with Crippen molar-refractivity contribution in [2.75, 3.05) is 7.05 Å². The number of hydrogen-bond donors (Lipinski definition) is 0. The summed E-state index contributed by atoms with van der Waals surface area (Å²) in [6.07, 6.45) is 6.14. The molecule has 1 aliphatic heterocycles. The van der Waals surface area contributed by atoms with E-state index in [4.69, 9.17) is 0 Å². The first-order valence-electron chi connectivity index (χ1n) is 6.84. The van der Waals surface area contributed by atoms with E-state index in [9.17, 15) is 4.79 Å². The second-order valence-electron chi connectivity index (χ2n) is 3.69. The van der Waals surface area contributed by atoms with Crippen LogP contribution >= 0.6 is 0 Å². The van der Waals surface area contributed by atoms with Gasteiger partial charge in [0.25, 0.3) is 0 Å². The summed E-state index contributed by atoms with van der Waals surface area (Å²) in [5, 5.41) is 0. The van der Waals surface area contributed by atoms with E-state index in [1.54, 1.807) is 6.08 Å². The summed E-state index contributed by atoms with van der Waals surface area (Å²) in [6, 6.07) is 0.288. The van der Waals surface area contributed by atoms with E-state index >= 15 is 0 Å². The first-order valence-corrected chi connectivity index (χ1v) is 6.84. The van der Waals surface area contributed by atoms with Crippen molar-refractivity contribution in [3.05, 3.63) is 36.1 Å². The van der Waals surface area contributed by atoms with Crippen molar-refractivity contribution in [2.45, 2.75) is 54.0 Å². The molecule has 0 N–H and O–H groups in total. The van der Waals surface area contributed by atoms with Gasteiger partial charge in [-0.1, -0.05) is 46.4 Å². The highest BCUT2D eigenvalue weighted by Crippen LogP contribution is 2.23. The van der Waals surface area contributed by atoms with Crippen molar-refractivity contribution in [1.29, 1.82) is 0 Å². The number of allylic oxidation sites excluding steroid dienone is 4. The molecule has 0 bridgehead atoms. The Morgan fingerprint density at radius 3 is 2.22 bits per heavy atom. The highest BCUT2D eigenvalue weighted by atomic mass is 16.1. The van der Waals surface area contributed by atoms with Gasteiger partial charge in [-0.3, -0.25) is 4.79 Å². The molecule has 0 spiro atoms. The van der Waals surface area contributed by atoms with E-state index in [0.29, 0.717) is 6.42 Å². The smallest absolute Gasteiger partial charge is 0.162 e. The summed E-state index contributed by atoms with van der Waals surface area (Å²) in [6.45, 7) is 15.6. The van der Waals surface area contributed by atoms with Gasteiger partial charge in [0.1, 0.15) is 0 Å². The minimum atomic E-state index is 0.249. The number of hydrogen-bond acceptors (Lipinski definition) is 2. The van der Waals surface area contributed by atoms with Crippen LogP contribution in [0.2, 0.25) is 0 Å². The van der Waals surface area contributed by atoms with Gasteiger partial charge in [-0.15, -0.1) is 0 Å². The molecule has 1 heterocycles. The van der Waals surface area contributed by atoms with E-state index in [0.717, 1.165) is 11.3 Å². The molecule has 2 heteroatoms. The van der Waals surface area contributed by atoms with Crippen LogP contribution in [-0.4, -0.2) is 23.8 Å². The van der Waals surface area contributed by atoms with E-state index < -0.39 is 0 Å². The molecule has 1 aliphatic rings. The Labute approximate surface area is 113 Å². The normalized spacial score (nSPS) is 18.9. The fraction of sp³-hybridized carbons (Fsp3) is 0.562. The number of likely N-dealkylation sites (N-methyl/N-ethyl adjacent to an activating group) is 1. The summed E-state index contributed by atoms with van der Waals surface area (Å²) in [7, 11) is 2.02. The van der Waals surface area contributed by atoms with Crippen molar-refractivity contribution < 1.29 is 4.79 Å². The number of rotatable bonds is 2. The van der Waals surface area contributed by atoms with Crippen LogP contribution in [0.15, 0.2) is 36.1 Å². The van der Waals surface area contributed by atoms with Gasteiger partial charge in [0.05, 0.1) is 0 Å². The Bertz CT molecular complexity index is 313. The van der Waals surface area contributed by atoms with Crippen LogP contribution < -0.4 is 0 Å². The lowest BCUT2D eigenvalue weighted by atomic mass is 9.97. The van der Waals surface area contributed by atoms with Crippen LogP contribution in [0.3, 0.4) is 0 Å². The zero-order chi connectivity index (χ0) is 14.7. The summed E-state index contributed by atoms with van der Waals surface area (Å²) < 4.78 is 0. The van der Waals surface area contributed by atoms with E-state index in [1.165, 1.54) is 0 Å². The van der Waals surface area contributed by atoms with Crippen molar-refractivity contribution in [2.24, 2.45) is 0 Å². The first kappa shape index (κ1) is 19.0. The van der Waals surface area contributed by atoms with Crippen molar-refractivity contribution in [3.8, 4) is 0 Å². The fourth-order valence-corrected chi connectivity index (χ4v) is 1.60. The highest BCUT2D eigenvalue weighted by molar-refractivity contribution is 5.97. The lowest BCUT2D eigenvalue weighted by Crippen LogP contribution is -2.35. The Hall–Kier alpha value is -1.31. The molecule has 0 aliphatic carbocycles. The monoisotopic (exact) mass is 251 g/mol. The SMILES string of the molecule is C=C/C=C\C1=C(C)C(=O)CC(C)N1C.CC.CC. The molecule has 0 saturated heterocycles. The largest absolute Gasteiger partial charge is 0.371 e. The summed E-state index contributed by atoms with van der Waals surface area (Å²) in [4.78, 5) is 13.7. The topological polar surface area (TPSA) is 20.3 Å². The molecule has 0 fully saturated rings. The Morgan fingerprint density at radius 2 is 1.78 bits per heavy atom. The van der Waals surface area contributed by atoms with Crippen molar-refractivity contribution >= 4 is 5.78 Å². The standard InChI is InChI=1S/C12H17NO.2C2H6/c1-5-6-7-11-10(3)12(14)8-9(2)13(11)4;2*1-2/h5-7,9H,1,8H2,2-4H3;2*1-2H3/b7-6-;;. The molecule has 104 valence electrons. The van der Waals surface area contributed by atoms with Crippen molar-refractivity contribution in [1.82, 2.24) is 4.90 Å². The van der Waals surface area contributed by atoms with E-state index in [-0.39, 0.29) is 11.8 Å². The molecular weight excluding hydrogens is 222 g/mol. The molecule has 0 saturated carbocycles. The van der Waals surface area contributed by atoms with Gasteiger partial charge in [-0.2, -0.15) is 0 Å². The fourth-order valence-electron chi connectivity index (χ4n) is 1.60. The van der Waals surface area contributed by atoms with Gasteiger partial charge in [-0.25, -0.2) is 0 Å². The molecule has 1 unspecified atom stereocenters. The highest BCUT2D eigenvalue weighted by Gasteiger charge is 2.24. The minimum Gasteiger partial charge on any atom is -0.371 e. The molecular formula is C16H29NO. The van der Waals surface area contributed by atoms with Gasteiger partial charge < -0.3 is 4.90 Å². The molecule has 0 aromatic heterocycles. The molecule has 0 radical (unpaired) electrons. The van der Waals surface area contributed by atoms with Crippen LogP contribution in [0.25, 0.3) is 0 Å². The lowest BCUT2D eigenvalue weighted by Gasteiger charge is -2.33. The quantitative estimate of drug-likeness (QED) is 0.680. The van der Waals surface area contributed by atoms with E-state index in [1.807, 2.05) is 53.8 Å². The Morgan fingerprint density at radius 1 is 1.28 bits per heavy atom. The van der Waals surface area contributed by atoms with Crippen molar-refractivity contribution in [3.63, 3.8) is 0 Å². The van der Waals surface area contributed by atoms with Gasteiger partial charge in [0.2, 0.25) is 0 Å². The summed E-state index contributed by atoms with van der Waals surface area (Å²) in [5.74, 6) is 0.249. The molecule has 18 heavy (non-hydrogen) atoms. The van der Waals surface area contributed by atoms with Crippen LogP contribution in [0.4, 0.5) is 0 Å². The second kappa shape index (κ2) is 10.8. The number of ketones is 1. The predicted octanol–water partition coefficient (Wildman–Crippen LogP) is 4.35. The number of carbonyl (C=O) groups excluding carboxylic acids is 1. The van der Waals surface area contributed by atoms with Crippen LogP contribution in [0, 0.1) is 0 Å². The predicted molar refractivity (Wildman–Crippen MR) is 81.6 cm³/mol.